The van der Waals surface area contributed by atoms with Crippen molar-refractivity contribution in [3.63, 3.8) is 0 Å². The number of rotatable bonds is 1. The van der Waals surface area contributed by atoms with E-state index < -0.39 is 42.8 Å². The van der Waals surface area contributed by atoms with Crippen LogP contribution in [0.4, 0.5) is 15.0 Å². The smallest absolute Gasteiger partial charge is 0.413 e. The Balaban J connectivity index is 2.18. The number of nitrogens with two attached hydrogens (primary N) is 1. The van der Waals surface area contributed by atoms with Crippen LogP contribution in [0.2, 0.25) is 0 Å². The van der Waals surface area contributed by atoms with Crippen LogP contribution in [0.5, 0.6) is 0 Å². The molecule has 0 saturated heterocycles. The topological polar surface area (TPSA) is 119 Å². The van der Waals surface area contributed by atoms with Crippen molar-refractivity contribution >= 4 is 27.5 Å². The molecule has 1 aromatic rings. The molecule has 2 aliphatic rings. The lowest BCUT2D eigenvalue weighted by Gasteiger charge is -2.44. The van der Waals surface area contributed by atoms with Crippen LogP contribution in [0, 0.1) is 5.82 Å². The van der Waals surface area contributed by atoms with Gasteiger partial charge in [0.1, 0.15) is 39.1 Å². The number of nitrogens with zero attached hydrogens (tertiary/aromatic N) is 3. The van der Waals surface area contributed by atoms with E-state index in [1.54, 1.807) is 41.5 Å². The molecule has 2 aliphatic heterocycles. The van der Waals surface area contributed by atoms with Gasteiger partial charge in [-0.15, -0.1) is 0 Å². The number of aromatic nitrogens is 1. The van der Waals surface area contributed by atoms with Gasteiger partial charge in [0.2, 0.25) is 0 Å². The van der Waals surface area contributed by atoms with Gasteiger partial charge in [-0.2, -0.15) is 0 Å². The van der Waals surface area contributed by atoms with Crippen molar-refractivity contribution in [2.75, 3.05) is 12.3 Å². The molecule has 3 heterocycles. The lowest BCUT2D eigenvalue weighted by atomic mass is 9.89. The van der Waals surface area contributed by atoms with Crippen molar-refractivity contribution < 1.29 is 18.1 Å². The Morgan fingerprint density at radius 2 is 2.00 bits per heavy atom. The minimum Gasteiger partial charge on any atom is -0.444 e. The highest BCUT2D eigenvalue weighted by atomic mass is 32.2. The highest BCUT2D eigenvalue weighted by Crippen LogP contribution is 2.47. The van der Waals surface area contributed by atoms with Crippen LogP contribution in [0.1, 0.15) is 53.7 Å². The number of nitrogens with one attached hydrogen (secondary N) is 1. The number of alkyl carbamates (subject to hydrolysis) is 1. The zero-order valence-corrected chi connectivity index (χ0v) is 18.4. The molecule has 0 radical (unpaired) electrons. The third kappa shape index (κ3) is 3.47. The second kappa shape index (κ2) is 6.65. The number of pyridine rings is 1. The van der Waals surface area contributed by atoms with E-state index in [1.807, 2.05) is 0 Å². The fourth-order valence-corrected chi connectivity index (χ4v) is 7.01. The molecule has 0 saturated carbocycles. The molecular weight excluding hydrogens is 397 g/mol. The van der Waals surface area contributed by atoms with Gasteiger partial charge < -0.3 is 10.5 Å². The van der Waals surface area contributed by atoms with Crippen LogP contribution >= 0.6 is 0 Å². The maximum Gasteiger partial charge on any atom is 0.413 e. The number of nitrogen functional groups attached to an aromatic ring is 1. The van der Waals surface area contributed by atoms with E-state index in [1.165, 1.54) is 12.1 Å². The van der Waals surface area contributed by atoms with Crippen LogP contribution < -0.4 is 11.1 Å². The van der Waals surface area contributed by atoms with E-state index >= 15 is 0 Å². The summed E-state index contributed by atoms with van der Waals surface area (Å²) in [6, 6.07) is 2.57. The van der Waals surface area contributed by atoms with Gasteiger partial charge >= 0.3 is 6.09 Å². The SMILES string of the molecule is CC(C)(C)OC(=O)NC1=N[C@](C)(c2nc(N)ccc2F)[C@@H]2CCN=[S@]2(=O)C1(C)C. The van der Waals surface area contributed by atoms with Crippen molar-refractivity contribution in [2.24, 2.45) is 9.36 Å². The molecule has 0 spiro atoms. The molecule has 0 unspecified atom stereocenters. The molecule has 0 aromatic carbocycles. The van der Waals surface area contributed by atoms with Crippen molar-refractivity contribution in [3.8, 4) is 0 Å². The predicted octanol–water partition coefficient (Wildman–Crippen LogP) is 2.97. The molecule has 1 aromatic heterocycles. The maximum atomic E-state index is 14.8. The Bertz CT molecular complexity index is 1010. The summed E-state index contributed by atoms with van der Waals surface area (Å²) in [7, 11) is -2.92. The van der Waals surface area contributed by atoms with Gasteiger partial charge in [0, 0.05) is 6.54 Å². The van der Waals surface area contributed by atoms with E-state index in [0.29, 0.717) is 13.0 Å². The second-order valence-electron chi connectivity index (χ2n) is 9.01. The van der Waals surface area contributed by atoms with Gasteiger partial charge in [-0.3, -0.25) is 10.3 Å². The number of halogens is 1. The van der Waals surface area contributed by atoms with Crippen molar-refractivity contribution in [2.45, 2.75) is 69.1 Å². The van der Waals surface area contributed by atoms with Gasteiger partial charge in [-0.25, -0.2) is 22.7 Å². The zero-order chi connectivity index (χ0) is 21.8. The molecule has 8 nitrogen and oxygen atoms in total. The normalized spacial score (nSPS) is 30.7. The predicted molar refractivity (Wildman–Crippen MR) is 111 cm³/mol. The number of anilines is 1. The molecule has 0 fully saturated rings. The first-order chi connectivity index (χ1) is 13.2. The lowest BCUT2D eigenvalue weighted by Crippen LogP contribution is -2.61. The third-order valence-corrected chi connectivity index (χ3v) is 8.99. The summed E-state index contributed by atoms with van der Waals surface area (Å²) in [5.41, 5.74) is 3.75. The molecule has 0 aliphatic carbocycles. The number of carbonyl (C=O) groups excluding carboxylic acids is 1. The Morgan fingerprint density at radius 1 is 1.34 bits per heavy atom. The molecule has 10 heteroatoms. The van der Waals surface area contributed by atoms with E-state index in [9.17, 15) is 13.4 Å². The number of ether oxygens (including phenoxy) is 1. The summed E-state index contributed by atoms with van der Waals surface area (Å²) in [5, 5.41) is 2.06. The van der Waals surface area contributed by atoms with E-state index in [4.69, 9.17) is 15.5 Å². The maximum absolute atomic E-state index is 14.8. The van der Waals surface area contributed by atoms with Crippen LogP contribution in [-0.2, 0) is 20.0 Å². The highest BCUT2D eigenvalue weighted by Gasteiger charge is 2.58. The first-order valence-electron chi connectivity index (χ1n) is 9.45. The molecule has 29 heavy (non-hydrogen) atoms. The molecule has 3 rings (SSSR count). The van der Waals surface area contributed by atoms with Gasteiger partial charge in [-0.1, -0.05) is 0 Å². The van der Waals surface area contributed by atoms with Crippen LogP contribution in [0.3, 0.4) is 0 Å². The number of carbonyl (C=O) groups is 1. The number of hydrogen-bond acceptors (Lipinski definition) is 7. The largest absolute Gasteiger partial charge is 0.444 e. The number of amidine groups is 1. The average Bonchev–Trinajstić information content (AvgIpc) is 2.98. The standard InChI is InChI=1S/C19H28FN5O3S/c1-17(2,3)28-16(26)24-15-18(4,5)29(27)12(9-10-22-29)19(6,25-15)14-11(20)7-8-13(21)23-14/h7-8,12H,9-10H2,1-6H3,(H2,21,23)(H,24,25,26)/t12-,19-,29+/m0/s1. The summed E-state index contributed by atoms with van der Waals surface area (Å²) in [6.07, 6.45) is -0.259. The zero-order valence-electron chi connectivity index (χ0n) is 17.6. The first-order valence-corrected chi connectivity index (χ1v) is 11.0. The monoisotopic (exact) mass is 425 g/mol. The lowest BCUT2D eigenvalue weighted by molar-refractivity contribution is 0.0560. The summed E-state index contributed by atoms with van der Waals surface area (Å²) in [5.74, 6) is -0.342. The number of aliphatic imine (C=N–C) groups is 1. The quantitative estimate of drug-likeness (QED) is 0.717. The Morgan fingerprint density at radius 3 is 2.62 bits per heavy atom. The second-order valence-corrected chi connectivity index (χ2v) is 12.0. The summed E-state index contributed by atoms with van der Waals surface area (Å²) in [6.45, 7) is 10.7. The Kier molecular flexibility index (Phi) is 4.92. The third-order valence-electron chi connectivity index (χ3n) is 5.30. The van der Waals surface area contributed by atoms with Gasteiger partial charge in [-0.05, 0) is 60.1 Å². The van der Waals surface area contributed by atoms with Gasteiger partial charge in [0.15, 0.2) is 0 Å². The van der Waals surface area contributed by atoms with Crippen LogP contribution in [-0.4, -0.2) is 43.3 Å². The average molecular weight is 426 g/mol. The van der Waals surface area contributed by atoms with Gasteiger partial charge in [0.05, 0.1) is 15.0 Å². The Labute approximate surface area is 170 Å². The molecule has 0 bridgehead atoms. The number of amides is 1. The number of hydrogen-bond donors (Lipinski definition) is 2. The van der Waals surface area contributed by atoms with E-state index in [-0.39, 0.29) is 17.3 Å². The van der Waals surface area contributed by atoms with Crippen molar-refractivity contribution in [1.29, 1.82) is 0 Å². The van der Waals surface area contributed by atoms with Crippen LogP contribution in [0.25, 0.3) is 0 Å². The number of fused-ring (bicyclic) bond motifs is 1. The van der Waals surface area contributed by atoms with Crippen LogP contribution in [0.15, 0.2) is 21.5 Å². The first kappa shape index (κ1) is 21.5. The summed E-state index contributed by atoms with van der Waals surface area (Å²) < 4.78 is 37.5. The summed E-state index contributed by atoms with van der Waals surface area (Å²) in [4.78, 5) is 21.3. The molecule has 3 atom stereocenters. The molecule has 160 valence electrons. The summed E-state index contributed by atoms with van der Waals surface area (Å²) >= 11 is 0. The Hall–Kier alpha value is -2.23. The van der Waals surface area contributed by atoms with Crippen molar-refractivity contribution in [3.05, 3.63) is 23.6 Å². The molecular formula is C19H28FN5O3S. The minimum atomic E-state index is -2.92. The highest BCUT2D eigenvalue weighted by molar-refractivity contribution is 7.96. The van der Waals surface area contributed by atoms with Gasteiger partial charge in [0.25, 0.3) is 0 Å². The fraction of sp³-hybridized carbons (Fsp3) is 0.632. The van der Waals surface area contributed by atoms with Crippen molar-refractivity contribution in [1.82, 2.24) is 10.3 Å². The fourth-order valence-electron chi connectivity index (χ4n) is 3.84. The molecule has 1 amide bonds. The molecule has 3 N–H and O–H groups in total. The van der Waals surface area contributed by atoms with E-state index in [2.05, 4.69) is 14.7 Å². The van der Waals surface area contributed by atoms with E-state index in [0.717, 1.165) is 0 Å². The minimum absolute atomic E-state index is 0.00804.